The Morgan fingerprint density at radius 1 is 1.35 bits per heavy atom. The van der Waals surface area contributed by atoms with Gasteiger partial charge in [0.1, 0.15) is 0 Å². The highest BCUT2D eigenvalue weighted by Crippen LogP contribution is 2.31. The van der Waals surface area contributed by atoms with Gasteiger partial charge in [-0.1, -0.05) is 6.42 Å². The van der Waals surface area contributed by atoms with Gasteiger partial charge in [-0.25, -0.2) is 0 Å². The molecule has 2 atom stereocenters. The summed E-state index contributed by atoms with van der Waals surface area (Å²) in [6, 6.07) is 0. The summed E-state index contributed by atoms with van der Waals surface area (Å²) in [5, 5.41) is 11.8. The lowest BCUT2D eigenvalue weighted by Crippen LogP contribution is -2.30. The van der Waals surface area contributed by atoms with E-state index in [9.17, 15) is 18.0 Å². The summed E-state index contributed by atoms with van der Waals surface area (Å²) in [4.78, 5) is 10.9. The number of carboxylic acid groups (broad SMARTS) is 1. The van der Waals surface area contributed by atoms with Gasteiger partial charge in [-0.2, -0.15) is 13.2 Å². The van der Waals surface area contributed by atoms with Gasteiger partial charge >= 0.3 is 12.1 Å². The molecule has 6 heteroatoms. The number of carbonyl (C=O) groups is 1. The first-order valence-corrected chi connectivity index (χ1v) is 5.90. The normalized spacial score (nSPS) is 25.1. The Labute approximate surface area is 98.4 Å². The fraction of sp³-hybridized carbons (Fsp3) is 0.909. The molecule has 0 aromatic heterocycles. The number of alkyl halides is 3. The first-order chi connectivity index (χ1) is 7.90. The lowest BCUT2D eigenvalue weighted by atomic mass is 9.96. The van der Waals surface area contributed by atoms with Crippen molar-refractivity contribution in [1.29, 1.82) is 0 Å². The van der Waals surface area contributed by atoms with Crippen molar-refractivity contribution in [3.05, 3.63) is 0 Å². The van der Waals surface area contributed by atoms with Crippen LogP contribution in [0.25, 0.3) is 0 Å². The van der Waals surface area contributed by atoms with Gasteiger partial charge in [-0.05, 0) is 38.3 Å². The molecule has 17 heavy (non-hydrogen) atoms. The molecule has 2 N–H and O–H groups in total. The van der Waals surface area contributed by atoms with E-state index in [1.54, 1.807) is 0 Å². The van der Waals surface area contributed by atoms with Crippen LogP contribution in [-0.2, 0) is 4.79 Å². The second-order valence-corrected chi connectivity index (χ2v) is 4.56. The molecule has 0 aromatic rings. The van der Waals surface area contributed by atoms with E-state index in [4.69, 9.17) is 5.11 Å². The fourth-order valence-corrected chi connectivity index (χ4v) is 2.31. The smallest absolute Gasteiger partial charge is 0.389 e. The largest absolute Gasteiger partial charge is 0.481 e. The number of rotatable bonds is 6. The van der Waals surface area contributed by atoms with Gasteiger partial charge in [0.25, 0.3) is 0 Å². The third-order valence-corrected chi connectivity index (χ3v) is 3.20. The molecule has 1 aliphatic rings. The van der Waals surface area contributed by atoms with E-state index in [0.717, 1.165) is 12.8 Å². The average molecular weight is 253 g/mol. The summed E-state index contributed by atoms with van der Waals surface area (Å²) in [5.41, 5.74) is 0. The van der Waals surface area contributed by atoms with E-state index in [1.165, 1.54) is 0 Å². The topological polar surface area (TPSA) is 49.3 Å². The molecule has 0 aromatic carbocycles. The predicted molar refractivity (Wildman–Crippen MR) is 56.6 cm³/mol. The molecule has 0 spiro atoms. The highest BCUT2D eigenvalue weighted by molar-refractivity contribution is 5.70. The number of carboxylic acids is 1. The van der Waals surface area contributed by atoms with E-state index in [1.807, 2.05) is 0 Å². The molecule has 1 fully saturated rings. The van der Waals surface area contributed by atoms with Crippen LogP contribution in [0.3, 0.4) is 0 Å². The number of halogens is 3. The molecule has 100 valence electrons. The average Bonchev–Trinajstić information content (AvgIpc) is 2.63. The van der Waals surface area contributed by atoms with Gasteiger partial charge in [-0.3, -0.25) is 4.79 Å². The van der Waals surface area contributed by atoms with Gasteiger partial charge in [0, 0.05) is 6.42 Å². The Kier molecular flexibility index (Phi) is 5.24. The maximum absolute atomic E-state index is 11.8. The highest BCUT2D eigenvalue weighted by Gasteiger charge is 2.32. The van der Waals surface area contributed by atoms with Gasteiger partial charge in [0.15, 0.2) is 0 Å². The highest BCUT2D eigenvalue weighted by atomic mass is 19.4. The van der Waals surface area contributed by atoms with Crippen molar-refractivity contribution < 1.29 is 23.1 Å². The molecule has 0 saturated heterocycles. The van der Waals surface area contributed by atoms with Crippen molar-refractivity contribution in [2.45, 2.75) is 38.3 Å². The summed E-state index contributed by atoms with van der Waals surface area (Å²) in [6.07, 6.45) is -2.40. The summed E-state index contributed by atoms with van der Waals surface area (Å²) >= 11 is 0. The molecule has 0 amide bonds. The van der Waals surface area contributed by atoms with Crippen molar-refractivity contribution in [1.82, 2.24) is 5.32 Å². The third-order valence-electron chi connectivity index (χ3n) is 3.20. The van der Waals surface area contributed by atoms with Crippen LogP contribution in [0.4, 0.5) is 13.2 Å². The van der Waals surface area contributed by atoms with Crippen molar-refractivity contribution in [3.8, 4) is 0 Å². The summed E-state index contributed by atoms with van der Waals surface area (Å²) in [7, 11) is 0. The minimum Gasteiger partial charge on any atom is -0.481 e. The van der Waals surface area contributed by atoms with Gasteiger partial charge in [-0.15, -0.1) is 0 Å². The zero-order valence-corrected chi connectivity index (χ0v) is 9.59. The minimum absolute atomic E-state index is 0.0496. The zero-order valence-electron chi connectivity index (χ0n) is 9.59. The lowest BCUT2D eigenvalue weighted by molar-refractivity contribution is -0.142. The first kappa shape index (κ1) is 14.3. The Hall–Kier alpha value is -0.780. The summed E-state index contributed by atoms with van der Waals surface area (Å²) in [6.45, 7) is 0.803. The monoisotopic (exact) mass is 253 g/mol. The molecule has 1 aliphatic carbocycles. The third kappa shape index (κ3) is 5.39. The van der Waals surface area contributed by atoms with Crippen LogP contribution in [0.1, 0.15) is 32.1 Å². The van der Waals surface area contributed by atoms with E-state index >= 15 is 0 Å². The Morgan fingerprint density at radius 2 is 2.06 bits per heavy atom. The van der Waals surface area contributed by atoms with Crippen molar-refractivity contribution in [2.75, 3.05) is 13.1 Å². The summed E-state index contributed by atoms with van der Waals surface area (Å²) in [5.74, 6) is -1.05. The van der Waals surface area contributed by atoms with E-state index in [2.05, 4.69) is 5.32 Å². The van der Waals surface area contributed by atoms with E-state index in [0.29, 0.717) is 19.5 Å². The van der Waals surface area contributed by atoms with Crippen molar-refractivity contribution >= 4 is 5.97 Å². The number of hydrogen-bond acceptors (Lipinski definition) is 2. The molecule has 0 bridgehead atoms. The predicted octanol–water partition coefficient (Wildman–Crippen LogP) is 2.42. The molecule has 0 aliphatic heterocycles. The molecular weight excluding hydrogens is 235 g/mol. The van der Waals surface area contributed by atoms with Gasteiger partial charge in [0.2, 0.25) is 0 Å². The maximum Gasteiger partial charge on any atom is 0.389 e. The second kappa shape index (κ2) is 6.23. The number of aliphatic carboxylic acids is 1. The first-order valence-electron chi connectivity index (χ1n) is 5.90. The molecule has 0 heterocycles. The van der Waals surface area contributed by atoms with Crippen LogP contribution >= 0.6 is 0 Å². The van der Waals surface area contributed by atoms with Crippen LogP contribution in [0.5, 0.6) is 0 Å². The van der Waals surface area contributed by atoms with Crippen LogP contribution in [0, 0.1) is 11.8 Å². The maximum atomic E-state index is 11.8. The van der Waals surface area contributed by atoms with Crippen LogP contribution in [0.15, 0.2) is 0 Å². The molecule has 3 nitrogen and oxygen atoms in total. The SMILES string of the molecule is O=C(O)C1CCCC1CNCCCC(F)(F)F. The minimum atomic E-state index is -4.10. The van der Waals surface area contributed by atoms with Crippen molar-refractivity contribution in [3.63, 3.8) is 0 Å². The Balaban J connectivity index is 2.12. The van der Waals surface area contributed by atoms with Gasteiger partial charge < -0.3 is 10.4 Å². The molecule has 0 radical (unpaired) electrons. The Morgan fingerprint density at radius 3 is 2.65 bits per heavy atom. The summed E-state index contributed by atoms with van der Waals surface area (Å²) < 4.78 is 35.5. The lowest BCUT2D eigenvalue weighted by Gasteiger charge is -2.16. The van der Waals surface area contributed by atoms with Crippen molar-refractivity contribution in [2.24, 2.45) is 11.8 Å². The fourth-order valence-electron chi connectivity index (χ4n) is 2.31. The van der Waals surface area contributed by atoms with E-state index < -0.39 is 18.6 Å². The molecule has 2 unspecified atom stereocenters. The van der Waals surface area contributed by atoms with Crippen LogP contribution in [0.2, 0.25) is 0 Å². The zero-order chi connectivity index (χ0) is 12.9. The van der Waals surface area contributed by atoms with Gasteiger partial charge in [0.05, 0.1) is 5.92 Å². The molecular formula is C11H18F3NO2. The standard InChI is InChI=1S/C11H18F3NO2/c12-11(13,14)5-2-6-15-7-8-3-1-4-9(8)10(16)17/h8-9,15H,1-7H2,(H,16,17). The molecule has 1 rings (SSSR count). The Bertz CT molecular complexity index is 256. The number of nitrogens with one attached hydrogen (secondary N) is 1. The van der Waals surface area contributed by atoms with Crippen LogP contribution < -0.4 is 5.32 Å². The van der Waals surface area contributed by atoms with E-state index in [-0.39, 0.29) is 18.3 Å². The molecule has 1 saturated carbocycles. The van der Waals surface area contributed by atoms with Crippen LogP contribution in [-0.4, -0.2) is 30.3 Å². The second-order valence-electron chi connectivity index (χ2n) is 4.56. The number of hydrogen-bond donors (Lipinski definition) is 2. The quantitative estimate of drug-likeness (QED) is 0.715.